The Morgan fingerprint density at radius 2 is 0.890 bits per heavy atom. The lowest BCUT2D eigenvalue weighted by Crippen LogP contribution is -2.37. The van der Waals surface area contributed by atoms with Crippen molar-refractivity contribution in [2.24, 2.45) is 34.1 Å². The molecule has 0 spiro atoms. The molecule has 3 atom stereocenters. The minimum absolute atomic E-state index is 0.000980. The van der Waals surface area contributed by atoms with Crippen molar-refractivity contribution in [2.45, 2.75) is 213 Å². The summed E-state index contributed by atoms with van der Waals surface area (Å²) < 4.78 is 66.9. The molecule has 21 heterocycles. The van der Waals surface area contributed by atoms with Gasteiger partial charge in [-0.2, -0.15) is 46.1 Å². The van der Waals surface area contributed by atoms with E-state index in [0.29, 0.717) is 100 Å². The van der Waals surface area contributed by atoms with E-state index in [9.17, 15) is 33.2 Å². The van der Waals surface area contributed by atoms with Gasteiger partial charge in [-0.15, -0.1) is 0 Å². The van der Waals surface area contributed by atoms with Gasteiger partial charge in [0, 0.05) is 312 Å². The van der Waals surface area contributed by atoms with Crippen LogP contribution in [0.1, 0.15) is 220 Å². The first-order valence-electron chi connectivity index (χ1n) is 52.1. The molecule has 0 saturated carbocycles. The van der Waals surface area contributed by atoms with Gasteiger partial charge in [0.2, 0.25) is 23.6 Å². The summed E-state index contributed by atoms with van der Waals surface area (Å²) in [7, 11) is 7.57. The van der Waals surface area contributed by atoms with Gasteiger partial charge in [-0.05, 0) is 183 Å². The fourth-order valence-corrected chi connectivity index (χ4v) is 24.1. The van der Waals surface area contributed by atoms with Gasteiger partial charge in [0.05, 0.1) is 86.8 Å². The Balaban J connectivity index is 0.000000111. The summed E-state index contributed by atoms with van der Waals surface area (Å²) >= 11 is 0. The number of piperidine rings is 1. The third-order valence-corrected chi connectivity index (χ3v) is 31.8. The second-order valence-electron chi connectivity index (χ2n) is 41.4. The maximum Gasteiger partial charge on any atom is 0.264 e. The van der Waals surface area contributed by atoms with Gasteiger partial charge in [0.15, 0.2) is 29.1 Å². The van der Waals surface area contributed by atoms with Crippen LogP contribution in [0.3, 0.4) is 0 Å². The fourth-order valence-electron chi connectivity index (χ4n) is 24.1. The van der Waals surface area contributed by atoms with E-state index in [2.05, 4.69) is 143 Å². The molecule has 0 bridgehead atoms. The molecule has 4 fully saturated rings. The Hall–Kier alpha value is -14.1. The number of anilines is 9. The average molecular weight is 1980 g/mol. The van der Waals surface area contributed by atoms with E-state index in [-0.39, 0.29) is 47.2 Å². The van der Waals surface area contributed by atoms with Gasteiger partial charge < -0.3 is 63.2 Å². The molecule has 13 aromatic rings. The van der Waals surface area contributed by atoms with Crippen molar-refractivity contribution in [3.8, 4) is 50.6 Å². The summed E-state index contributed by atoms with van der Waals surface area (Å²) in [6.45, 7) is 23.3. The summed E-state index contributed by atoms with van der Waals surface area (Å²) in [5.41, 5.74) is 27.1. The summed E-state index contributed by atoms with van der Waals surface area (Å²) in [4.78, 5) is 66.2. The van der Waals surface area contributed by atoms with Crippen molar-refractivity contribution in [2.75, 3.05) is 123 Å². The number of aryl methyl sites for hydroxylation is 6. The van der Waals surface area contributed by atoms with E-state index in [1.165, 1.54) is 61.8 Å². The maximum atomic E-state index is 14.5. The number of nitrogens with one attached hydrogen (secondary N) is 1. The van der Waals surface area contributed by atoms with Gasteiger partial charge in [-0.1, -0.05) is 31.1 Å². The molecular formula is C109H129F2N27O8. The summed E-state index contributed by atoms with van der Waals surface area (Å²) in [6.07, 6.45) is 30.5. The van der Waals surface area contributed by atoms with E-state index < -0.39 is 6.43 Å². The molecule has 35 nitrogen and oxygen atoms in total. The topological polar surface area (TPSA) is 326 Å². The second-order valence-corrected chi connectivity index (χ2v) is 41.4. The maximum absolute atomic E-state index is 14.5. The molecule has 12 aliphatic rings. The third-order valence-electron chi connectivity index (χ3n) is 31.8. The van der Waals surface area contributed by atoms with Crippen LogP contribution in [-0.4, -0.2) is 220 Å². The number of carbonyl (C=O) groups is 4. The Labute approximate surface area is 847 Å². The van der Waals surface area contributed by atoms with Crippen molar-refractivity contribution >= 4 is 75.5 Å². The van der Waals surface area contributed by atoms with Crippen LogP contribution in [-0.2, 0) is 133 Å². The van der Waals surface area contributed by atoms with Gasteiger partial charge >= 0.3 is 0 Å². The van der Waals surface area contributed by atoms with E-state index in [1.54, 1.807) is 61.9 Å². The van der Waals surface area contributed by atoms with Crippen LogP contribution < -0.4 is 29.8 Å². The van der Waals surface area contributed by atoms with Gasteiger partial charge in [0.1, 0.15) is 6.26 Å². The minimum Gasteiger partial charge on any atom is -0.381 e. The number of hydrogen-bond donors (Lipinski definition) is 1. The molecule has 4 saturated heterocycles. The Kier molecular flexibility index (Phi) is 27.2. The quantitative estimate of drug-likeness (QED) is 0.106. The van der Waals surface area contributed by atoms with Crippen LogP contribution in [0, 0.1) is 17.2 Å². The lowest BCUT2D eigenvalue weighted by molar-refractivity contribution is -0.130. The lowest BCUT2D eigenvalue weighted by Gasteiger charge is -2.35. The van der Waals surface area contributed by atoms with Gasteiger partial charge in [-0.25, -0.2) is 8.78 Å². The third kappa shape index (κ3) is 19.1. The number of nitrogens with zero attached hydrogens (tertiary/aromatic N) is 26. The van der Waals surface area contributed by atoms with Crippen LogP contribution in [0.4, 0.5) is 60.6 Å². The average Bonchev–Trinajstić information content (AvgIpc) is 1.55. The molecule has 146 heavy (non-hydrogen) atoms. The zero-order chi connectivity index (χ0) is 100. The predicted octanol–water partition coefficient (Wildman–Crippen LogP) is 15.9. The van der Waals surface area contributed by atoms with E-state index >= 15 is 0 Å². The number of halogens is 2. The molecule has 12 aliphatic heterocycles. The number of fused-ring (bicyclic) bond motifs is 8. The molecular weight excluding hydrogens is 1850 g/mol. The van der Waals surface area contributed by atoms with Crippen LogP contribution in [0.15, 0.2) is 127 Å². The number of benzene rings is 4. The van der Waals surface area contributed by atoms with Crippen LogP contribution >= 0.6 is 0 Å². The number of aromatic nitrogens is 17. The summed E-state index contributed by atoms with van der Waals surface area (Å²) in [5.74, 6) is 5.58. The highest BCUT2D eigenvalue weighted by Gasteiger charge is 2.42. The SMILES string of the molecule is CC(=O)N1CCc2c(c(N3CC(C)Cc4cc(-c5cnn(C)c5)c(C#N)cc43)nn2C2CCOCC2)C1.CC(=O)N1CCc2c(c(N3CCCc4cc(-c5cnn(C)c5)ccc43)nn2C2CCNC(=O)C2)C1.CC(=O)N1CCc2c(c(N3CC[C@H](C)c4cc(-c5cnn(C)c5)c(C(F)F)cc43)nn2C2CCOCC2)C1.Cn1cc(-c2ccc3c(c2)CCCN3c2nn(C3CCOCC3)c3c2CN(c2ccon2)CC3)cn1. The Morgan fingerprint density at radius 1 is 0.445 bits per heavy atom. The number of carbonyl (C=O) groups excluding carboxylic acids is 4. The fraction of sp³-hybridized carbons (Fsp3) is 0.486. The normalized spacial score (nSPS) is 19.6. The van der Waals surface area contributed by atoms with E-state index in [4.69, 9.17) is 39.1 Å². The van der Waals surface area contributed by atoms with Crippen LogP contribution in [0.5, 0.6) is 0 Å². The molecule has 25 rings (SSSR count). The lowest BCUT2D eigenvalue weighted by atomic mass is 9.87. The molecule has 2 unspecified atom stereocenters. The largest absolute Gasteiger partial charge is 0.381 e. The molecule has 1 N–H and O–H groups in total. The molecule has 9 aromatic heterocycles. The molecule has 37 heteroatoms. The molecule has 0 radical (unpaired) electrons. The van der Waals surface area contributed by atoms with Crippen LogP contribution in [0.25, 0.3) is 44.5 Å². The highest BCUT2D eigenvalue weighted by molar-refractivity contribution is 5.84. The van der Waals surface area contributed by atoms with E-state index in [1.807, 2.05) is 94.4 Å². The zero-order valence-corrected chi connectivity index (χ0v) is 84.9. The summed E-state index contributed by atoms with van der Waals surface area (Å²) in [6, 6.07) is 26.6. The predicted molar refractivity (Wildman–Crippen MR) is 548 cm³/mol. The first kappa shape index (κ1) is 96.7. The number of amides is 4. The zero-order valence-electron chi connectivity index (χ0n) is 84.9. The number of alkyl halides is 2. The molecule has 4 amide bonds. The monoisotopic (exact) mass is 1980 g/mol. The van der Waals surface area contributed by atoms with Crippen molar-refractivity contribution in [1.29, 1.82) is 5.26 Å². The van der Waals surface area contributed by atoms with Crippen LogP contribution in [0.2, 0.25) is 0 Å². The Bertz CT molecular complexity index is 7090. The van der Waals surface area contributed by atoms with E-state index in [0.717, 1.165) is 266 Å². The van der Waals surface area contributed by atoms with Gasteiger partial charge in [0.25, 0.3) is 6.43 Å². The number of ether oxygens (including phenoxy) is 3. The highest BCUT2D eigenvalue weighted by Crippen LogP contribution is 2.51. The molecule has 0 aliphatic carbocycles. The van der Waals surface area contributed by atoms with Crippen molar-refractivity contribution in [3.63, 3.8) is 0 Å². The highest BCUT2D eigenvalue weighted by atomic mass is 19.3. The summed E-state index contributed by atoms with van der Waals surface area (Å²) in [5, 5.41) is 55.4. The first-order chi connectivity index (χ1) is 71.0. The second kappa shape index (κ2) is 41.1. The van der Waals surface area contributed by atoms with Gasteiger partial charge in [-0.3, -0.25) is 56.6 Å². The number of nitriles is 1. The Morgan fingerprint density at radius 3 is 1.33 bits per heavy atom. The first-order valence-corrected chi connectivity index (χ1v) is 52.1. The molecule has 762 valence electrons. The minimum atomic E-state index is -2.63. The smallest absolute Gasteiger partial charge is 0.264 e. The van der Waals surface area contributed by atoms with Crippen molar-refractivity contribution in [1.82, 2.24) is 103 Å². The number of hydrogen-bond acceptors (Lipinski definition) is 23. The van der Waals surface area contributed by atoms with Crippen molar-refractivity contribution in [3.05, 3.63) is 201 Å². The number of rotatable bonds is 14. The standard InChI is InChI=1S/C28H34F2N6O2.C28H33N7O2.C27H31N7O2.C26H31N7O2/c1-17-4-9-35(26-13-23(27(29)30)22(12-21(17)26)19-14-31-33(3)15-19)28-24-16-34(18(2)37)8-5-25(24)36(32-28)20-6-10-38-11-7-20;1-18-10-20-11-24(22-14-30-32(3)16-22)21(13-29)12-27(20)34(15-18)28-25-17-33(19(2)36)7-4-26(25)35(31-28)23-5-8-37-9-6-23;1-31-17-21(16-28-31)19-4-5-24-20(15-19)3-2-10-33(24)27-23-18-32(26-9-14-36-30-26)11-6-25(23)34(29-27)22-7-12-35-13-8-22;1-17(34)31-11-8-24-22(16-31)26(29-33(24)21-7-9-27-25(35)13-21)32-10-3-4-19-12-18(5-6-23(19)32)20-14-28-30(2)15-20/h12-15,17,20,27H,4-11,16H2,1-3H3;11-12,14,16,18,23H,4-10,15,17H2,1-3H3;4-5,9,14-17,22H,2-3,6-8,10-13,18H2,1H3;5-6,12,14-15,21H,3-4,7-11,13,16H2,1-2H3,(H,27,35)/t17-;;;/m0.../s1. The van der Waals surface area contributed by atoms with Crippen molar-refractivity contribution < 1.29 is 46.7 Å². The molecule has 4 aromatic carbocycles.